The lowest BCUT2D eigenvalue weighted by atomic mass is 9.99. The van der Waals surface area contributed by atoms with Crippen LogP contribution in [0.2, 0.25) is 0 Å². The van der Waals surface area contributed by atoms with Gasteiger partial charge < -0.3 is 4.90 Å². The van der Waals surface area contributed by atoms with E-state index in [9.17, 15) is 9.59 Å². The van der Waals surface area contributed by atoms with E-state index in [1.54, 1.807) is 0 Å². The molecule has 0 bridgehead atoms. The summed E-state index contributed by atoms with van der Waals surface area (Å²) in [6, 6.07) is 0.400. The molecule has 0 atom stereocenters. The summed E-state index contributed by atoms with van der Waals surface area (Å²) in [5.41, 5.74) is -0.256. The number of H-pyrrole nitrogens is 2. The van der Waals surface area contributed by atoms with Crippen molar-refractivity contribution in [2.75, 3.05) is 19.6 Å². The van der Waals surface area contributed by atoms with Crippen LogP contribution in [0.1, 0.15) is 37.9 Å². The van der Waals surface area contributed by atoms with Gasteiger partial charge in [0.2, 0.25) is 5.91 Å². The average Bonchev–Trinajstić information content (AvgIpc) is 2.86. The zero-order chi connectivity index (χ0) is 13.9. The molecule has 1 aromatic heterocycles. The third kappa shape index (κ3) is 2.92. The highest BCUT2D eigenvalue weighted by atomic mass is 16.2. The largest absolute Gasteiger partial charge is 0.340 e. The maximum atomic E-state index is 11.9. The summed E-state index contributed by atoms with van der Waals surface area (Å²) >= 11 is 0. The van der Waals surface area contributed by atoms with Crippen molar-refractivity contribution in [1.82, 2.24) is 25.0 Å². The van der Waals surface area contributed by atoms with Crippen LogP contribution in [-0.2, 0) is 11.3 Å². The molecule has 1 aromatic rings. The smallest absolute Gasteiger partial charge is 0.340 e. The third-order valence-corrected chi connectivity index (χ3v) is 4.28. The summed E-state index contributed by atoms with van der Waals surface area (Å²) in [4.78, 5) is 29.9. The molecule has 0 unspecified atom stereocenters. The molecule has 7 heteroatoms. The van der Waals surface area contributed by atoms with Gasteiger partial charge in [0.1, 0.15) is 5.82 Å². The van der Waals surface area contributed by atoms with Crippen molar-refractivity contribution in [3.8, 4) is 0 Å². The van der Waals surface area contributed by atoms with Crippen LogP contribution in [0.25, 0.3) is 0 Å². The molecule has 2 fully saturated rings. The molecule has 20 heavy (non-hydrogen) atoms. The quantitative estimate of drug-likeness (QED) is 0.820. The fourth-order valence-electron chi connectivity index (χ4n) is 3.19. The Bertz CT molecular complexity index is 515. The SMILES string of the molecule is O=C1CCCCN1C1CCN(Cc2n[nH]c(=O)[nH]2)CC1. The highest BCUT2D eigenvalue weighted by Gasteiger charge is 2.29. The number of rotatable bonds is 3. The first kappa shape index (κ1) is 13.4. The molecule has 2 aliphatic rings. The van der Waals surface area contributed by atoms with Gasteiger partial charge >= 0.3 is 5.69 Å². The summed E-state index contributed by atoms with van der Waals surface area (Å²) in [6.07, 6.45) is 4.93. The van der Waals surface area contributed by atoms with Crippen LogP contribution in [0.4, 0.5) is 0 Å². The Labute approximate surface area is 117 Å². The van der Waals surface area contributed by atoms with E-state index in [4.69, 9.17) is 0 Å². The Morgan fingerprint density at radius 3 is 2.60 bits per heavy atom. The monoisotopic (exact) mass is 279 g/mol. The standard InChI is InChI=1S/C13H21N5O2/c19-12-3-1-2-6-18(12)10-4-7-17(8-5-10)9-11-14-13(20)16-15-11/h10H,1-9H2,(H2,14,15,16,20). The lowest BCUT2D eigenvalue weighted by molar-refractivity contribution is -0.136. The minimum Gasteiger partial charge on any atom is -0.340 e. The van der Waals surface area contributed by atoms with Gasteiger partial charge in [-0.3, -0.25) is 14.7 Å². The molecular formula is C13H21N5O2. The zero-order valence-electron chi connectivity index (χ0n) is 11.6. The first-order valence-corrected chi connectivity index (χ1v) is 7.38. The third-order valence-electron chi connectivity index (χ3n) is 4.28. The van der Waals surface area contributed by atoms with E-state index in [0.29, 0.717) is 30.7 Å². The number of hydrogen-bond acceptors (Lipinski definition) is 4. The topological polar surface area (TPSA) is 85.1 Å². The van der Waals surface area contributed by atoms with Crippen molar-refractivity contribution in [2.24, 2.45) is 0 Å². The summed E-state index contributed by atoms with van der Waals surface area (Å²) in [7, 11) is 0. The van der Waals surface area contributed by atoms with Crippen LogP contribution in [0, 0.1) is 0 Å². The Morgan fingerprint density at radius 2 is 1.95 bits per heavy atom. The Kier molecular flexibility index (Phi) is 3.86. The molecule has 3 heterocycles. The number of hydrogen-bond donors (Lipinski definition) is 2. The van der Waals surface area contributed by atoms with Crippen LogP contribution in [0.3, 0.4) is 0 Å². The Morgan fingerprint density at radius 1 is 1.15 bits per heavy atom. The molecule has 0 aliphatic carbocycles. The second-order valence-electron chi connectivity index (χ2n) is 5.68. The molecule has 2 saturated heterocycles. The predicted molar refractivity (Wildman–Crippen MR) is 73.1 cm³/mol. The normalized spacial score (nSPS) is 22.4. The highest BCUT2D eigenvalue weighted by Crippen LogP contribution is 2.22. The fraction of sp³-hybridized carbons (Fsp3) is 0.769. The van der Waals surface area contributed by atoms with Gasteiger partial charge in [0, 0.05) is 32.1 Å². The minimum atomic E-state index is -0.256. The number of likely N-dealkylation sites (tertiary alicyclic amines) is 2. The van der Waals surface area contributed by atoms with E-state index in [1.165, 1.54) is 0 Å². The number of carbonyl (C=O) groups is 1. The summed E-state index contributed by atoms with van der Waals surface area (Å²) in [5.74, 6) is 1.01. The maximum Gasteiger partial charge on any atom is 0.340 e. The van der Waals surface area contributed by atoms with Crippen molar-refractivity contribution >= 4 is 5.91 Å². The van der Waals surface area contributed by atoms with Crippen molar-refractivity contribution < 1.29 is 4.79 Å². The molecule has 7 nitrogen and oxygen atoms in total. The number of nitrogens with one attached hydrogen (secondary N) is 2. The molecular weight excluding hydrogens is 258 g/mol. The number of carbonyl (C=O) groups excluding carboxylic acids is 1. The van der Waals surface area contributed by atoms with E-state index in [1.807, 2.05) is 0 Å². The molecule has 110 valence electrons. The molecule has 0 radical (unpaired) electrons. The second kappa shape index (κ2) is 5.78. The van der Waals surface area contributed by atoms with Crippen LogP contribution in [0.5, 0.6) is 0 Å². The van der Waals surface area contributed by atoms with E-state index in [-0.39, 0.29) is 5.69 Å². The lowest BCUT2D eigenvalue weighted by Crippen LogP contribution is -2.48. The van der Waals surface area contributed by atoms with Gasteiger partial charge in [-0.1, -0.05) is 0 Å². The van der Waals surface area contributed by atoms with Crippen LogP contribution < -0.4 is 5.69 Å². The predicted octanol–water partition coefficient (Wildman–Crippen LogP) is 0.0749. The minimum absolute atomic E-state index is 0.256. The molecule has 3 rings (SSSR count). The van der Waals surface area contributed by atoms with Crippen molar-refractivity contribution in [3.63, 3.8) is 0 Å². The van der Waals surface area contributed by atoms with Gasteiger partial charge in [0.15, 0.2) is 0 Å². The van der Waals surface area contributed by atoms with Crippen LogP contribution in [0.15, 0.2) is 4.79 Å². The zero-order valence-corrected chi connectivity index (χ0v) is 11.6. The van der Waals surface area contributed by atoms with Gasteiger partial charge in [0.25, 0.3) is 0 Å². The maximum absolute atomic E-state index is 11.9. The second-order valence-corrected chi connectivity index (χ2v) is 5.68. The fourth-order valence-corrected chi connectivity index (χ4v) is 3.19. The first-order chi connectivity index (χ1) is 9.72. The molecule has 2 aliphatic heterocycles. The van der Waals surface area contributed by atoms with Gasteiger partial charge in [-0.2, -0.15) is 5.10 Å². The lowest BCUT2D eigenvalue weighted by Gasteiger charge is -2.40. The number of piperidine rings is 2. The number of aromatic amines is 2. The Hall–Kier alpha value is -1.63. The van der Waals surface area contributed by atoms with Gasteiger partial charge in [-0.05, 0) is 25.7 Å². The van der Waals surface area contributed by atoms with Crippen molar-refractivity contribution in [3.05, 3.63) is 16.3 Å². The number of aromatic nitrogens is 3. The molecule has 0 spiro atoms. The summed E-state index contributed by atoms with van der Waals surface area (Å²) in [6.45, 7) is 3.49. The first-order valence-electron chi connectivity index (χ1n) is 7.38. The summed E-state index contributed by atoms with van der Waals surface area (Å²) in [5, 5.41) is 6.32. The molecule has 2 N–H and O–H groups in total. The van der Waals surface area contributed by atoms with E-state index in [2.05, 4.69) is 25.0 Å². The average molecular weight is 279 g/mol. The van der Waals surface area contributed by atoms with Gasteiger partial charge in [-0.15, -0.1) is 0 Å². The highest BCUT2D eigenvalue weighted by molar-refractivity contribution is 5.77. The van der Waals surface area contributed by atoms with E-state index in [0.717, 1.165) is 45.3 Å². The van der Waals surface area contributed by atoms with Gasteiger partial charge in [0.05, 0.1) is 6.54 Å². The van der Waals surface area contributed by atoms with Crippen LogP contribution >= 0.6 is 0 Å². The number of amides is 1. The van der Waals surface area contributed by atoms with Gasteiger partial charge in [-0.25, -0.2) is 9.89 Å². The van der Waals surface area contributed by atoms with Crippen LogP contribution in [-0.4, -0.2) is 56.6 Å². The number of nitrogens with zero attached hydrogens (tertiary/aromatic N) is 3. The summed E-state index contributed by atoms with van der Waals surface area (Å²) < 4.78 is 0. The van der Waals surface area contributed by atoms with Crippen molar-refractivity contribution in [1.29, 1.82) is 0 Å². The molecule has 1 amide bonds. The Balaban J connectivity index is 1.51. The molecule has 0 aromatic carbocycles. The van der Waals surface area contributed by atoms with Crippen molar-refractivity contribution in [2.45, 2.75) is 44.7 Å². The van der Waals surface area contributed by atoms with E-state index < -0.39 is 0 Å². The molecule has 0 saturated carbocycles. The van der Waals surface area contributed by atoms with E-state index >= 15 is 0 Å².